The Bertz CT molecular complexity index is 709. The molecule has 1 heterocycles. The molecule has 2 rings (SSSR count). The molecule has 0 spiro atoms. The summed E-state index contributed by atoms with van der Waals surface area (Å²) in [6.45, 7) is 1.87. The van der Waals surface area contributed by atoms with Gasteiger partial charge in [-0.3, -0.25) is 4.79 Å². The van der Waals surface area contributed by atoms with Gasteiger partial charge in [0, 0.05) is 17.7 Å². The first-order valence-electron chi connectivity index (χ1n) is 7.37. The first-order valence-corrected chi connectivity index (χ1v) is 8.36. The fourth-order valence-electron chi connectivity index (χ4n) is 2.20. The standard InChI is InChI=1S/C17H20N2O4S/c1-12(14-10-13(22-2)7-8-15(14)23-3)18-16(20)11-24-17-6-4-5-9-19(17)21/h4-10,12H,11H2,1-3H3,(H,18,20)/t12-/m1/s1. The maximum absolute atomic E-state index is 12.2. The molecule has 1 N–H and O–H groups in total. The highest BCUT2D eigenvalue weighted by molar-refractivity contribution is 7.99. The minimum absolute atomic E-state index is 0.156. The number of nitrogens with zero attached hydrogens (tertiary/aromatic N) is 1. The van der Waals surface area contributed by atoms with Crippen LogP contribution in [0.2, 0.25) is 0 Å². The number of nitrogens with one attached hydrogen (secondary N) is 1. The second kappa shape index (κ2) is 8.44. The summed E-state index contributed by atoms with van der Waals surface area (Å²) >= 11 is 1.19. The van der Waals surface area contributed by atoms with Gasteiger partial charge in [0.25, 0.3) is 5.03 Å². The molecule has 0 bridgehead atoms. The quantitative estimate of drug-likeness (QED) is 0.472. The first-order chi connectivity index (χ1) is 11.5. The molecule has 2 aromatic rings. The number of pyridine rings is 1. The lowest BCUT2D eigenvalue weighted by atomic mass is 10.1. The largest absolute Gasteiger partial charge is 0.618 e. The number of thioether (sulfide) groups is 1. The highest BCUT2D eigenvalue weighted by atomic mass is 32.2. The number of hydrogen-bond donors (Lipinski definition) is 1. The molecular formula is C17H20N2O4S. The summed E-state index contributed by atoms with van der Waals surface area (Å²) in [6.07, 6.45) is 1.41. The molecule has 0 saturated carbocycles. The van der Waals surface area contributed by atoms with Crippen molar-refractivity contribution in [2.45, 2.75) is 18.0 Å². The number of hydrogen-bond acceptors (Lipinski definition) is 5. The van der Waals surface area contributed by atoms with E-state index in [4.69, 9.17) is 9.47 Å². The SMILES string of the molecule is COc1ccc(OC)c([C@@H](C)NC(=O)CSc2cccc[n+]2[O-])c1. The maximum Gasteiger partial charge on any atom is 0.251 e. The minimum Gasteiger partial charge on any atom is -0.618 e. The lowest BCUT2D eigenvalue weighted by molar-refractivity contribution is -0.645. The molecule has 0 fully saturated rings. The van der Waals surface area contributed by atoms with Crippen molar-refractivity contribution >= 4 is 17.7 Å². The summed E-state index contributed by atoms with van der Waals surface area (Å²) in [7, 11) is 3.17. The summed E-state index contributed by atoms with van der Waals surface area (Å²) < 4.78 is 11.3. The van der Waals surface area contributed by atoms with E-state index in [0.29, 0.717) is 16.5 Å². The molecule has 24 heavy (non-hydrogen) atoms. The van der Waals surface area contributed by atoms with Crippen molar-refractivity contribution in [1.29, 1.82) is 0 Å². The average Bonchev–Trinajstić information content (AvgIpc) is 2.60. The summed E-state index contributed by atoms with van der Waals surface area (Å²) in [5, 5.41) is 15.0. The minimum atomic E-state index is -0.252. The number of carbonyl (C=O) groups excluding carboxylic acids is 1. The number of carbonyl (C=O) groups is 1. The Morgan fingerprint density at radius 3 is 2.75 bits per heavy atom. The Hall–Kier alpha value is -2.41. The van der Waals surface area contributed by atoms with Gasteiger partial charge in [-0.2, -0.15) is 4.73 Å². The third-order valence-electron chi connectivity index (χ3n) is 3.42. The van der Waals surface area contributed by atoms with Gasteiger partial charge in [0.15, 0.2) is 6.20 Å². The monoisotopic (exact) mass is 348 g/mol. The molecule has 0 unspecified atom stereocenters. The van der Waals surface area contributed by atoms with Crippen molar-refractivity contribution in [2.24, 2.45) is 0 Å². The van der Waals surface area contributed by atoms with Gasteiger partial charge < -0.3 is 20.0 Å². The lowest BCUT2D eigenvalue weighted by Gasteiger charge is -2.18. The van der Waals surface area contributed by atoms with Crippen LogP contribution in [0.3, 0.4) is 0 Å². The molecule has 0 saturated heterocycles. The smallest absolute Gasteiger partial charge is 0.251 e. The number of benzene rings is 1. The maximum atomic E-state index is 12.2. The molecule has 1 aromatic heterocycles. The van der Waals surface area contributed by atoms with Crippen LogP contribution in [0.5, 0.6) is 11.5 Å². The summed E-state index contributed by atoms with van der Waals surface area (Å²) in [5.74, 6) is 1.36. The van der Waals surface area contributed by atoms with Gasteiger partial charge in [0.2, 0.25) is 5.91 Å². The number of methoxy groups -OCH3 is 2. The molecule has 0 radical (unpaired) electrons. The first kappa shape index (κ1) is 17.9. The number of amides is 1. The Kier molecular flexibility index (Phi) is 6.31. The van der Waals surface area contributed by atoms with Crippen molar-refractivity contribution in [3.63, 3.8) is 0 Å². The average molecular weight is 348 g/mol. The van der Waals surface area contributed by atoms with Crippen molar-refractivity contribution in [1.82, 2.24) is 5.32 Å². The van der Waals surface area contributed by atoms with Crippen molar-refractivity contribution < 1.29 is 19.0 Å². The lowest BCUT2D eigenvalue weighted by Crippen LogP contribution is -2.31. The van der Waals surface area contributed by atoms with Crippen LogP contribution >= 0.6 is 11.8 Å². The van der Waals surface area contributed by atoms with Crippen molar-refractivity contribution in [3.8, 4) is 11.5 Å². The van der Waals surface area contributed by atoms with E-state index in [-0.39, 0.29) is 17.7 Å². The van der Waals surface area contributed by atoms with E-state index in [0.717, 1.165) is 10.3 Å². The van der Waals surface area contributed by atoms with E-state index in [1.807, 2.05) is 13.0 Å². The predicted molar refractivity (Wildman–Crippen MR) is 92.2 cm³/mol. The van der Waals surface area contributed by atoms with Gasteiger partial charge in [-0.05, 0) is 43.0 Å². The molecule has 128 valence electrons. The molecule has 7 heteroatoms. The molecule has 1 amide bonds. The summed E-state index contributed by atoms with van der Waals surface area (Å²) in [6, 6.07) is 10.3. The van der Waals surface area contributed by atoms with Crippen LogP contribution in [0.15, 0.2) is 47.6 Å². The second-order valence-electron chi connectivity index (χ2n) is 5.05. The Morgan fingerprint density at radius 1 is 1.29 bits per heavy atom. The van der Waals surface area contributed by atoms with Crippen LogP contribution < -0.4 is 19.5 Å². The molecule has 0 aliphatic heterocycles. The zero-order valence-electron chi connectivity index (χ0n) is 13.8. The van der Waals surface area contributed by atoms with E-state index in [9.17, 15) is 10.0 Å². The van der Waals surface area contributed by atoms with Crippen LogP contribution in [0.25, 0.3) is 0 Å². The Morgan fingerprint density at radius 2 is 2.08 bits per heavy atom. The Balaban J connectivity index is 2.00. The van der Waals surface area contributed by atoms with Crippen LogP contribution in [-0.2, 0) is 4.79 Å². The zero-order chi connectivity index (χ0) is 17.5. The van der Waals surface area contributed by atoms with E-state index >= 15 is 0 Å². The van der Waals surface area contributed by atoms with Gasteiger partial charge >= 0.3 is 0 Å². The van der Waals surface area contributed by atoms with E-state index in [1.165, 1.54) is 18.0 Å². The van der Waals surface area contributed by atoms with Gasteiger partial charge in [-0.15, -0.1) is 0 Å². The van der Waals surface area contributed by atoms with Crippen LogP contribution in [0.1, 0.15) is 18.5 Å². The molecule has 0 aliphatic rings. The van der Waals surface area contributed by atoms with E-state index < -0.39 is 0 Å². The third kappa shape index (κ3) is 4.55. The van der Waals surface area contributed by atoms with Gasteiger partial charge in [0.05, 0.1) is 26.0 Å². The number of rotatable bonds is 7. The molecular weight excluding hydrogens is 328 g/mol. The fraction of sp³-hybridized carbons (Fsp3) is 0.294. The molecule has 6 nitrogen and oxygen atoms in total. The molecule has 0 aliphatic carbocycles. The normalized spacial score (nSPS) is 11.6. The van der Waals surface area contributed by atoms with Gasteiger partial charge in [-0.25, -0.2) is 0 Å². The van der Waals surface area contributed by atoms with Gasteiger partial charge in [-0.1, -0.05) is 0 Å². The zero-order valence-corrected chi connectivity index (χ0v) is 14.6. The highest BCUT2D eigenvalue weighted by Gasteiger charge is 2.16. The van der Waals surface area contributed by atoms with Gasteiger partial charge in [0.1, 0.15) is 11.5 Å². The third-order valence-corrected chi connectivity index (χ3v) is 4.44. The second-order valence-corrected chi connectivity index (χ2v) is 6.05. The summed E-state index contributed by atoms with van der Waals surface area (Å²) in [4.78, 5) is 12.2. The highest BCUT2D eigenvalue weighted by Crippen LogP contribution is 2.29. The number of aromatic nitrogens is 1. The van der Waals surface area contributed by atoms with Crippen molar-refractivity contribution in [2.75, 3.05) is 20.0 Å². The van der Waals surface area contributed by atoms with E-state index in [2.05, 4.69) is 5.32 Å². The van der Waals surface area contributed by atoms with Crippen LogP contribution in [-0.4, -0.2) is 25.9 Å². The fourth-order valence-corrected chi connectivity index (χ4v) is 2.93. The van der Waals surface area contributed by atoms with E-state index in [1.54, 1.807) is 44.6 Å². The topological polar surface area (TPSA) is 74.5 Å². The summed E-state index contributed by atoms with van der Waals surface area (Å²) in [5.41, 5.74) is 0.828. The molecule has 1 atom stereocenters. The molecule has 1 aromatic carbocycles. The van der Waals surface area contributed by atoms with Crippen LogP contribution in [0.4, 0.5) is 0 Å². The van der Waals surface area contributed by atoms with Crippen LogP contribution in [0, 0.1) is 5.21 Å². The number of ether oxygens (including phenoxy) is 2. The Labute approximate surface area is 145 Å². The predicted octanol–water partition coefficient (Wildman–Crippen LogP) is 2.31. The van der Waals surface area contributed by atoms with Crippen molar-refractivity contribution in [3.05, 3.63) is 53.4 Å².